The smallest absolute Gasteiger partial charge is 0.306 e. The van der Waals surface area contributed by atoms with Crippen LogP contribution in [-0.4, -0.2) is 21.0 Å². The molecule has 22 heavy (non-hydrogen) atoms. The second-order valence-electron chi connectivity index (χ2n) is 4.83. The first kappa shape index (κ1) is 15.4. The summed E-state index contributed by atoms with van der Waals surface area (Å²) in [4.78, 5) is 19.5. The van der Waals surface area contributed by atoms with Crippen LogP contribution in [0.15, 0.2) is 36.5 Å². The number of nitrogens with one attached hydrogen (secondary N) is 1. The van der Waals surface area contributed by atoms with Crippen molar-refractivity contribution in [3.8, 4) is 6.07 Å². The second-order valence-corrected chi connectivity index (χ2v) is 4.83. The maximum atomic E-state index is 11.1. The van der Waals surface area contributed by atoms with E-state index >= 15 is 0 Å². The van der Waals surface area contributed by atoms with Crippen LogP contribution in [-0.2, 0) is 11.2 Å². The summed E-state index contributed by atoms with van der Waals surface area (Å²) in [6.07, 6.45) is 2.52. The van der Waals surface area contributed by atoms with Crippen LogP contribution in [0.25, 0.3) is 0 Å². The molecule has 1 aromatic heterocycles. The van der Waals surface area contributed by atoms with E-state index < -0.39 is 11.9 Å². The van der Waals surface area contributed by atoms with E-state index in [-0.39, 0.29) is 0 Å². The minimum Gasteiger partial charge on any atom is -0.481 e. The van der Waals surface area contributed by atoms with Gasteiger partial charge in [-0.1, -0.05) is 6.92 Å². The van der Waals surface area contributed by atoms with Crippen molar-refractivity contribution in [2.75, 3.05) is 5.32 Å². The summed E-state index contributed by atoms with van der Waals surface area (Å²) in [5.41, 5.74) is 2.02. The lowest BCUT2D eigenvalue weighted by Crippen LogP contribution is -2.16. The van der Waals surface area contributed by atoms with Crippen LogP contribution in [0, 0.1) is 17.2 Å². The van der Waals surface area contributed by atoms with E-state index in [1.807, 2.05) is 6.92 Å². The number of nitriles is 1. The number of hydrogen-bond acceptors (Lipinski definition) is 5. The van der Waals surface area contributed by atoms with Crippen molar-refractivity contribution in [3.63, 3.8) is 0 Å². The number of anilines is 2. The standard InChI is InChI=1S/C16H16N4O2/c1-2-12(15(21)22)9-14-7-8-18-16(20-14)19-13-5-3-11(10-17)4-6-13/h3-8,12H,2,9H2,1H3,(H,21,22)(H,18,19,20). The van der Waals surface area contributed by atoms with Gasteiger partial charge in [-0.25, -0.2) is 9.97 Å². The quantitative estimate of drug-likeness (QED) is 0.850. The van der Waals surface area contributed by atoms with E-state index in [1.165, 1.54) is 0 Å². The highest BCUT2D eigenvalue weighted by Crippen LogP contribution is 2.16. The van der Waals surface area contributed by atoms with Gasteiger partial charge in [-0.05, 0) is 36.8 Å². The first-order valence-electron chi connectivity index (χ1n) is 6.94. The highest BCUT2D eigenvalue weighted by Gasteiger charge is 2.16. The van der Waals surface area contributed by atoms with Crippen LogP contribution in [0.2, 0.25) is 0 Å². The molecule has 0 bridgehead atoms. The number of carbonyl (C=O) groups is 1. The lowest BCUT2D eigenvalue weighted by molar-refractivity contribution is -0.141. The van der Waals surface area contributed by atoms with Crippen molar-refractivity contribution < 1.29 is 9.90 Å². The van der Waals surface area contributed by atoms with Crippen LogP contribution in [0.1, 0.15) is 24.6 Å². The number of carboxylic acid groups (broad SMARTS) is 1. The number of rotatable bonds is 6. The lowest BCUT2D eigenvalue weighted by atomic mass is 10.0. The third kappa shape index (κ3) is 4.03. The van der Waals surface area contributed by atoms with E-state index in [0.29, 0.717) is 30.0 Å². The Morgan fingerprint density at radius 1 is 1.36 bits per heavy atom. The highest BCUT2D eigenvalue weighted by molar-refractivity contribution is 5.70. The maximum Gasteiger partial charge on any atom is 0.306 e. The van der Waals surface area contributed by atoms with Gasteiger partial charge in [0.15, 0.2) is 0 Å². The van der Waals surface area contributed by atoms with E-state index in [1.54, 1.807) is 36.5 Å². The van der Waals surface area contributed by atoms with Crippen LogP contribution in [0.3, 0.4) is 0 Å². The third-order valence-electron chi connectivity index (χ3n) is 3.28. The molecule has 1 aromatic carbocycles. The molecule has 0 aliphatic heterocycles. The largest absolute Gasteiger partial charge is 0.481 e. The van der Waals surface area contributed by atoms with Gasteiger partial charge in [-0.3, -0.25) is 4.79 Å². The summed E-state index contributed by atoms with van der Waals surface area (Å²) in [5, 5.41) is 20.9. The van der Waals surface area contributed by atoms with Crippen molar-refractivity contribution >= 4 is 17.6 Å². The van der Waals surface area contributed by atoms with Crippen LogP contribution >= 0.6 is 0 Å². The predicted molar refractivity (Wildman–Crippen MR) is 81.6 cm³/mol. The molecule has 0 aliphatic rings. The molecule has 112 valence electrons. The second kappa shape index (κ2) is 7.18. The van der Waals surface area contributed by atoms with Crippen molar-refractivity contribution in [1.29, 1.82) is 5.26 Å². The number of benzene rings is 1. The molecule has 1 unspecified atom stereocenters. The van der Waals surface area contributed by atoms with Crippen LogP contribution in [0.5, 0.6) is 0 Å². The fourth-order valence-electron chi connectivity index (χ4n) is 1.99. The molecule has 0 aliphatic carbocycles. The molecule has 1 atom stereocenters. The average Bonchev–Trinajstić information content (AvgIpc) is 2.53. The molecule has 2 N–H and O–H groups in total. The van der Waals surface area contributed by atoms with Crippen molar-refractivity contribution in [2.45, 2.75) is 19.8 Å². The average molecular weight is 296 g/mol. The minimum atomic E-state index is -0.817. The zero-order chi connectivity index (χ0) is 15.9. The van der Waals surface area contributed by atoms with Crippen LogP contribution < -0.4 is 5.32 Å². The molecule has 0 radical (unpaired) electrons. The Hall–Kier alpha value is -2.94. The number of aliphatic carboxylic acids is 1. The van der Waals surface area contributed by atoms with Gasteiger partial charge in [-0.2, -0.15) is 5.26 Å². The Morgan fingerprint density at radius 2 is 2.09 bits per heavy atom. The molecule has 6 nitrogen and oxygen atoms in total. The van der Waals surface area contributed by atoms with E-state index in [0.717, 1.165) is 5.69 Å². The van der Waals surface area contributed by atoms with Crippen LogP contribution in [0.4, 0.5) is 11.6 Å². The normalized spacial score (nSPS) is 11.5. The van der Waals surface area contributed by atoms with Gasteiger partial charge >= 0.3 is 5.97 Å². The molecule has 2 rings (SSSR count). The molecule has 1 heterocycles. The summed E-state index contributed by atoms with van der Waals surface area (Å²) < 4.78 is 0. The van der Waals surface area contributed by atoms with Crippen molar-refractivity contribution in [3.05, 3.63) is 47.8 Å². The monoisotopic (exact) mass is 296 g/mol. The molecule has 0 saturated heterocycles. The van der Waals surface area contributed by atoms with Crippen molar-refractivity contribution in [1.82, 2.24) is 9.97 Å². The van der Waals surface area contributed by atoms with E-state index in [4.69, 9.17) is 10.4 Å². The third-order valence-corrected chi connectivity index (χ3v) is 3.28. The first-order valence-corrected chi connectivity index (χ1v) is 6.94. The predicted octanol–water partition coefficient (Wildman–Crippen LogP) is 2.75. The Morgan fingerprint density at radius 3 is 2.68 bits per heavy atom. The zero-order valence-electron chi connectivity index (χ0n) is 12.2. The number of aromatic nitrogens is 2. The van der Waals surface area contributed by atoms with Gasteiger partial charge in [0, 0.05) is 24.0 Å². The minimum absolute atomic E-state index is 0.371. The highest BCUT2D eigenvalue weighted by atomic mass is 16.4. The number of nitrogens with zero attached hydrogens (tertiary/aromatic N) is 3. The molecular formula is C16H16N4O2. The van der Waals surface area contributed by atoms with Gasteiger partial charge < -0.3 is 10.4 Å². The molecular weight excluding hydrogens is 280 g/mol. The van der Waals surface area contributed by atoms with E-state index in [9.17, 15) is 4.79 Å². The topological polar surface area (TPSA) is 98.9 Å². The van der Waals surface area contributed by atoms with E-state index in [2.05, 4.69) is 21.4 Å². The lowest BCUT2D eigenvalue weighted by Gasteiger charge is -2.10. The summed E-state index contributed by atoms with van der Waals surface area (Å²) in [6.45, 7) is 1.84. The van der Waals surface area contributed by atoms with Gasteiger partial charge in [0.25, 0.3) is 0 Å². The summed E-state index contributed by atoms with van der Waals surface area (Å²) in [5.74, 6) is -0.858. The van der Waals surface area contributed by atoms with Gasteiger partial charge in [0.2, 0.25) is 5.95 Å². The summed E-state index contributed by atoms with van der Waals surface area (Å²) >= 11 is 0. The molecule has 0 fully saturated rings. The summed E-state index contributed by atoms with van der Waals surface area (Å²) in [7, 11) is 0. The van der Waals surface area contributed by atoms with Crippen molar-refractivity contribution in [2.24, 2.45) is 5.92 Å². The van der Waals surface area contributed by atoms with Gasteiger partial charge in [0.05, 0.1) is 17.6 Å². The Balaban J connectivity index is 2.10. The molecule has 2 aromatic rings. The first-order chi connectivity index (χ1) is 10.6. The maximum absolute atomic E-state index is 11.1. The Bertz CT molecular complexity index is 692. The fraction of sp³-hybridized carbons (Fsp3) is 0.250. The molecule has 0 spiro atoms. The SMILES string of the molecule is CCC(Cc1ccnc(Nc2ccc(C#N)cc2)n1)C(=O)O. The Labute approximate surface area is 128 Å². The molecule has 6 heteroatoms. The summed E-state index contributed by atoms with van der Waals surface area (Å²) in [6, 6.07) is 10.7. The molecule has 0 amide bonds. The number of carboxylic acids is 1. The number of hydrogen-bond donors (Lipinski definition) is 2. The Kier molecular flexibility index (Phi) is 5.04. The molecule has 0 saturated carbocycles. The van der Waals surface area contributed by atoms with Gasteiger partial charge in [0.1, 0.15) is 0 Å². The van der Waals surface area contributed by atoms with Gasteiger partial charge in [-0.15, -0.1) is 0 Å². The fourth-order valence-corrected chi connectivity index (χ4v) is 1.99. The zero-order valence-corrected chi connectivity index (χ0v) is 12.2.